The first kappa shape index (κ1) is 15.0. The average Bonchev–Trinajstić information content (AvgIpc) is 3.15. The van der Waals surface area contributed by atoms with E-state index in [-0.39, 0.29) is 0 Å². The summed E-state index contributed by atoms with van der Waals surface area (Å²) in [4.78, 5) is 5.04. The Bertz CT molecular complexity index is 724. The van der Waals surface area contributed by atoms with Crippen LogP contribution in [-0.2, 0) is 16.6 Å². The van der Waals surface area contributed by atoms with E-state index in [1.807, 2.05) is 6.07 Å². The number of nitrogens with one attached hydrogen (secondary N) is 2. The molecule has 0 spiro atoms. The maximum atomic E-state index is 12.3. The van der Waals surface area contributed by atoms with Gasteiger partial charge in [-0.25, -0.2) is 13.4 Å². The van der Waals surface area contributed by atoms with Gasteiger partial charge in [-0.05, 0) is 53.0 Å². The summed E-state index contributed by atoms with van der Waals surface area (Å²) in [6.45, 7) is 0.724. The Morgan fingerprint density at radius 2 is 2.10 bits per heavy atom. The second-order valence-electron chi connectivity index (χ2n) is 4.84. The van der Waals surface area contributed by atoms with Crippen molar-refractivity contribution < 1.29 is 8.42 Å². The molecule has 1 fully saturated rings. The lowest BCUT2D eigenvalue weighted by Gasteiger charge is -2.05. The van der Waals surface area contributed by atoms with Gasteiger partial charge >= 0.3 is 0 Å². The number of rotatable bonds is 6. The molecule has 2 aromatic rings. The zero-order valence-corrected chi connectivity index (χ0v) is 14.3. The van der Waals surface area contributed by atoms with Crippen molar-refractivity contribution in [1.29, 1.82) is 0 Å². The van der Waals surface area contributed by atoms with Crippen molar-refractivity contribution in [3.8, 4) is 0 Å². The zero-order valence-electron chi connectivity index (χ0n) is 11.0. The van der Waals surface area contributed by atoms with Crippen molar-refractivity contribution in [3.05, 3.63) is 39.8 Å². The largest absolute Gasteiger partial charge is 0.309 e. The maximum absolute atomic E-state index is 12.3. The van der Waals surface area contributed by atoms with Crippen LogP contribution in [0.3, 0.4) is 0 Å². The molecule has 1 aliphatic rings. The SMILES string of the molecule is O=S(=O)(Nc1ccc(Br)cn1)c1ccc(CNC2CC2)s1. The van der Waals surface area contributed by atoms with E-state index in [1.165, 1.54) is 24.2 Å². The monoisotopic (exact) mass is 387 g/mol. The average molecular weight is 388 g/mol. The standard InChI is InChI=1S/C13H14BrN3O2S2/c14-9-1-5-12(16-7-9)17-21(18,19)13-6-4-11(20-13)8-15-10-2-3-10/h1,4-7,10,15H,2-3,8H2,(H,16,17). The van der Waals surface area contributed by atoms with E-state index < -0.39 is 10.0 Å². The highest BCUT2D eigenvalue weighted by molar-refractivity contribution is 9.10. The molecule has 0 bridgehead atoms. The van der Waals surface area contributed by atoms with Crippen molar-refractivity contribution in [1.82, 2.24) is 10.3 Å². The van der Waals surface area contributed by atoms with Gasteiger partial charge in [0.2, 0.25) is 0 Å². The van der Waals surface area contributed by atoms with Gasteiger partial charge in [0, 0.05) is 28.1 Å². The first-order chi connectivity index (χ1) is 10.0. The number of aromatic nitrogens is 1. The van der Waals surface area contributed by atoms with E-state index in [1.54, 1.807) is 24.4 Å². The predicted molar refractivity (Wildman–Crippen MR) is 86.9 cm³/mol. The summed E-state index contributed by atoms with van der Waals surface area (Å²) in [6, 6.07) is 7.45. The van der Waals surface area contributed by atoms with Crippen LogP contribution in [-0.4, -0.2) is 19.4 Å². The molecular weight excluding hydrogens is 374 g/mol. The van der Waals surface area contributed by atoms with Crippen molar-refractivity contribution in [2.24, 2.45) is 0 Å². The molecule has 0 saturated heterocycles. The summed E-state index contributed by atoms with van der Waals surface area (Å²) in [5.41, 5.74) is 0. The van der Waals surface area contributed by atoms with Gasteiger partial charge in [0.1, 0.15) is 10.0 Å². The quantitative estimate of drug-likeness (QED) is 0.798. The molecule has 0 amide bonds. The van der Waals surface area contributed by atoms with Crippen molar-refractivity contribution >= 4 is 43.1 Å². The summed E-state index contributed by atoms with van der Waals surface area (Å²) < 4.78 is 28.1. The number of thiophene rings is 1. The van der Waals surface area contributed by atoms with Crippen LogP contribution in [0.25, 0.3) is 0 Å². The molecule has 112 valence electrons. The van der Waals surface area contributed by atoms with Crippen LogP contribution >= 0.6 is 27.3 Å². The molecule has 1 saturated carbocycles. The first-order valence-electron chi connectivity index (χ1n) is 6.49. The molecule has 1 aliphatic carbocycles. The van der Waals surface area contributed by atoms with Gasteiger partial charge in [-0.15, -0.1) is 11.3 Å². The summed E-state index contributed by atoms with van der Waals surface area (Å²) >= 11 is 4.54. The second-order valence-corrected chi connectivity index (χ2v) is 8.84. The molecule has 2 aromatic heterocycles. The molecule has 0 atom stereocenters. The van der Waals surface area contributed by atoms with Crippen LogP contribution in [0.2, 0.25) is 0 Å². The molecule has 2 heterocycles. The van der Waals surface area contributed by atoms with E-state index >= 15 is 0 Å². The molecule has 0 unspecified atom stereocenters. The molecule has 0 aliphatic heterocycles. The Morgan fingerprint density at radius 3 is 2.76 bits per heavy atom. The summed E-state index contributed by atoms with van der Waals surface area (Å²) in [5.74, 6) is 0.309. The number of halogens is 1. The Morgan fingerprint density at radius 1 is 1.29 bits per heavy atom. The van der Waals surface area contributed by atoms with Crippen molar-refractivity contribution in [3.63, 3.8) is 0 Å². The Balaban J connectivity index is 1.69. The lowest BCUT2D eigenvalue weighted by Crippen LogP contribution is -2.14. The summed E-state index contributed by atoms with van der Waals surface area (Å²) in [5, 5.41) is 3.37. The highest BCUT2D eigenvalue weighted by atomic mass is 79.9. The fourth-order valence-corrected chi connectivity index (χ4v) is 4.30. The predicted octanol–water partition coefficient (Wildman–Crippen LogP) is 2.96. The molecule has 5 nitrogen and oxygen atoms in total. The van der Waals surface area contributed by atoms with E-state index in [0.717, 1.165) is 15.9 Å². The Hall–Kier alpha value is -0.960. The zero-order chi connectivity index (χ0) is 14.9. The van der Waals surface area contributed by atoms with Gasteiger partial charge in [-0.3, -0.25) is 4.72 Å². The van der Waals surface area contributed by atoms with Crippen LogP contribution in [0.1, 0.15) is 17.7 Å². The highest BCUT2D eigenvalue weighted by Crippen LogP contribution is 2.25. The number of sulfonamides is 1. The maximum Gasteiger partial charge on any atom is 0.272 e. The van der Waals surface area contributed by atoms with Gasteiger partial charge in [0.05, 0.1) is 0 Å². The van der Waals surface area contributed by atoms with Crippen LogP contribution in [0.15, 0.2) is 39.1 Å². The fourth-order valence-electron chi connectivity index (χ4n) is 1.75. The third-order valence-electron chi connectivity index (χ3n) is 3.01. The molecule has 0 aromatic carbocycles. The number of hydrogen-bond donors (Lipinski definition) is 2. The Labute approximate surface area is 136 Å². The summed E-state index contributed by atoms with van der Waals surface area (Å²) in [6.07, 6.45) is 3.98. The van der Waals surface area contributed by atoms with Crippen LogP contribution < -0.4 is 10.0 Å². The lowest BCUT2D eigenvalue weighted by molar-refractivity contribution is 0.603. The molecule has 0 radical (unpaired) electrons. The summed E-state index contributed by atoms with van der Waals surface area (Å²) in [7, 11) is -3.57. The lowest BCUT2D eigenvalue weighted by atomic mass is 10.4. The third kappa shape index (κ3) is 4.03. The van der Waals surface area contributed by atoms with Crippen molar-refractivity contribution in [2.45, 2.75) is 29.6 Å². The Kier molecular flexibility index (Phi) is 4.30. The minimum atomic E-state index is -3.57. The highest BCUT2D eigenvalue weighted by Gasteiger charge is 2.21. The normalized spacial score (nSPS) is 15.1. The van der Waals surface area contributed by atoms with E-state index in [0.29, 0.717) is 16.1 Å². The topological polar surface area (TPSA) is 71.1 Å². The number of nitrogens with zero attached hydrogens (tertiary/aromatic N) is 1. The molecule has 8 heteroatoms. The molecule has 2 N–H and O–H groups in total. The van der Waals surface area contributed by atoms with E-state index in [4.69, 9.17) is 0 Å². The minimum Gasteiger partial charge on any atom is -0.309 e. The molecule has 3 rings (SSSR count). The van der Waals surface area contributed by atoms with Crippen LogP contribution in [0.4, 0.5) is 5.82 Å². The van der Waals surface area contributed by atoms with Crippen LogP contribution in [0, 0.1) is 0 Å². The smallest absolute Gasteiger partial charge is 0.272 e. The first-order valence-corrected chi connectivity index (χ1v) is 9.59. The van der Waals surface area contributed by atoms with E-state index in [2.05, 4.69) is 31.0 Å². The molecular formula is C13H14BrN3O2S2. The van der Waals surface area contributed by atoms with Gasteiger partial charge in [0.15, 0.2) is 0 Å². The van der Waals surface area contributed by atoms with Crippen molar-refractivity contribution in [2.75, 3.05) is 4.72 Å². The third-order valence-corrected chi connectivity index (χ3v) is 6.41. The van der Waals surface area contributed by atoms with Crippen LogP contribution in [0.5, 0.6) is 0 Å². The van der Waals surface area contributed by atoms with E-state index in [9.17, 15) is 8.42 Å². The molecule has 21 heavy (non-hydrogen) atoms. The number of anilines is 1. The van der Waals surface area contributed by atoms with Gasteiger partial charge in [0.25, 0.3) is 10.0 Å². The van der Waals surface area contributed by atoms with Gasteiger partial charge in [-0.1, -0.05) is 0 Å². The number of hydrogen-bond acceptors (Lipinski definition) is 5. The van der Waals surface area contributed by atoms with Gasteiger partial charge < -0.3 is 5.32 Å². The van der Waals surface area contributed by atoms with Gasteiger partial charge in [-0.2, -0.15) is 0 Å². The minimum absolute atomic E-state index is 0.305. The second kappa shape index (κ2) is 6.04. The fraction of sp³-hybridized carbons (Fsp3) is 0.308. The number of pyridine rings is 1.